The van der Waals surface area contributed by atoms with Gasteiger partial charge in [0, 0.05) is 23.1 Å². The maximum atomic E-state index is 13.7. The monoisotopic (exact) mass is 581 g/mol. The number of rotatable bonds is 10. The van der Waals surface area contributed by atoms with Crippen molar-refractivity contribution >= 4 is 62.3 Å². The molecule has 3 aromatic rings. The van der Waals surface area contributed by atoms with E-state index in [9.17, 15) is 18.0 Å². The molecule has 0 aliphatic rings. The zero-order valence-electron chi connectivity index (χ0n) is 20.2. The van der Waals surface area contributed by atoms with E-state index < -0.39 is 28.5 Å². The summed E-state index contributed by atoms with van der Waals surface area (Å²) < 4.78 is 28.3. The van der Waals surface area contributed by atoms with Crippen LogP contribution in [0.5, 0.6) is 0 Å². The van der Waals surface area contributed by atoms with Gasteiger partial charge in [-0.15, -0.1) is 0 Å². The zero-order chi connectivity index (χ0) is 27.2. The minimum atomic E-state index is -4.21. The molecule has 0 radical (unpaired) electrons. The number of carbonyl (C=O) groups is 2. The van der Waals surface area contributed by atoms with Crippen molar-refractivity contribution in [2.24, 2.45) is 0 Å². The first-order chi connectivity index (χ1) is 17.5. The first kappa shape index (κ1) is 28.8. The molecule has 1 N–H and O–H groups in total. The van der Waals surface area contributed by atoms with Gasteiger partial charge >= 0.3 is 0 Å². The number of sulfonamides is 1. The summed E-state index contributed by atoms with van der Waals surface area (Å²) in [4.78, 5) is 27.8. The van der Waals surface area contributed by atoms with Crippen LogP contribution in [-0.2, 0) is 26.2 Å². The molecule has 0 saturated carbocycles. The first-order valence-electron chi connectivity index (χ1n) is 11.4. The second-order valence-electron chi connectivity index (χ2n) is 8.14. The topological polar surface area (TPSA) is 86.8 Å². The van der Waals surface area contributed by atoms with Gasteiger partial charge in [0.25, 0.3) is 10.0 Å². The van der Waals surface area contributed by atoms with Crippen molar-refractivity contribution in [2.75, 3.05) is 17.4 Å². The van der Waals surface area contributed by atoms with Crippen LogP contribution in [0.1, 0.15) is 19.4 Å². The van der Waals surface area contributed by atoms with E-state index in [-0.39, 0.29) is 28.1 Å². The summed E-state index contributed by atoms with van der Waals surface area (Å²) in [7, 11) is -4.21. The number of likely N-dealkylation sites (N-methyl/N-ethyl adjacent to an activating group) is 1. The van der Waals surface area contributed by atoms with Crippen LogP contribution in [0.4, 0.5) is 5.69 Å². The minimum absolute atomic E-state index is 0.0187. The van der Waals surface area contributed by atoms with E-state index in [1.165, 1.54) is 35.2 Å². The van der Waals surface area contributed by atoms with Gasteiger partial charge in [-0.2, -0.15) is 0 Å². The average Bonchev–Trinajstić information content (AvgIpc) is 2.87. The van der Waals surface area contributed by atoms with Gasteiger partial charge in [-0.3, -0.25) is 13.9 Å². The van der Waals surface area contributed by atoms with E-state index in [0.29, 0.717) is 16.6 Å². The standard InChI is InChI=1S/C26H26Cl3N3O4S/c1-3-30-26(34)18(2)31(16-19-9-11-20(27)12-10-19)25(33)17-32(24-14-13-21(28)15-23(24)29)37(35,36)22-7-5-4-6-8-22/h4-15,18H,3,16-17H2,1-2H3,(H,30,34)/t18-/m1/s1. The molecule has 11 heteroatoms. The third-order valence-electron chi connectivity index (χ3n) is 5.57. The van der Waals surface area contributed by atoms with Gasteiger partial charge in [0.15, 0.2) is 0 Å². The summed E-state index contributed by atoms with van der Waals surface area (Å²) in [6.07, 6.45) is 0. The highest BCUT2D eigenvalue weighted by Gasteiger charge is 2.33. The Hall–Kier alpha value is -2.78. The molecular formula is C26H26Cl3N3O4S. The van der Waals surface area contributed by atoms with Crippen molar-refractivity contribution < 1.29 is 18.0 Å². The Bertz CT molecular complexity index is 1350. The molecule has 0 heterocycles. The SMILES string of the molecule is CCNC(=O)[C@@H](C)N(Cc1ccc(Cl)cc1)C(=O)CN(c1ccc(Cl)cc1Cl)S(=O)(=O)c1ccccc1. The molecule has 196 valence electrons. The summed E-state index contributed by atoms with van der Waals surface area (Å²) in [5.74, 6) is -0.967. The van der Waals surface area contributed by atoms with Crippen molar-refractivity contribution in [3.63, 3.8) is 0 Å². The van der Waals surface area contributed by atoms with Gasteiger partial charge in [-0.05, 0) is 61.9 Å². The molecule has 37 heavy (non-hydrogen) atoms. The van der Waals surface area contributed by atoms with Crippen molar-refractivity contribution in [2.45, 2.75) is 31.3 Å². The summed E-state index contributed by atoms with van der Waals surface area (Å²) in [6, 6.07) is 18.0. The number of hydrogen-bond donors (Lipinski definition) is 1. The summed E-state index contributed by atoms with van der Waals surface area (Å²) >= 11 is 18.4. The van der Waals surface area contributed by atoms with Crippen LogP contribution in [0.25, 0.3) is 0 Å². The lowest BCUT2D eigenvalue weighted by Crippen LogP contribution is -2.51. The molecule has 3 aromatic carbocycles. The zero-order valence-corrected chi connectivity index (χ0v) is 23.3. The maximum Gasteiger partial charge on any atom is 0.264 e. The van der Waals surface area contributed by atoms with Crippen LogP contribution in [0.3, 0.4) is 0 Å². The van der Waals surface area contributed by atoms with Crippen LogP contribution in [0, 0.1) is 0 Å². The Labute approximate surface area is 232 Å². The summed E-state index contributed by atoms with van der Waals surface area (Å²) in [6.45, 7) is 3.19. The fourth-order valence-electron chi connectivity index (χ4n) is 3.61. The predicted octanol–water partition coefficient (Wildman–Crippen LogP) is 5.40. The van der Waals surface area contributed by atoms with Crippen LogP contribution in [0.2, 0.25) is 15.1 Å². The van der Waals surface area contributed by atoms with Gasteiger partial charge in [0.2, 0.25) is 11.8 Å². The molecule has 0 spiro atoms. The number of anilines is 1. The molecule has 0 aromatic heterocycles. The highest BCUT2D eigenvalue weighted by Crippen LogP contribution is 2.33. The van der Waals surface area contributed by atoms with Crippen molar-refractivity contribution in [1.29, 1.82) is 0 Å². The molecule has 7 nitrogen and oxygen atoms in total. The van der Waals surface area contributed by atoms with Crippen molar-refractivity contribution in [3.05, 3.63) is 93.4 Å². The molecule has 0 aliphatic heterocycles. The van der Waals surface area contributed by atoms with Crippen LogP contribution in [-0.4, -0.2) is 44.3 Å². The quantitative estimate of drug-likeness (QED) is 0.347. The number of nitrogens with one attached hydrogen (secondary N) is 1. The van der Waals surface area contributed by atoms with Gasteiger partial charge in [-0.1, -0.05) is 65.1 Å². The fraction of sp³-hybridized carbons (Fsp3) is 0.231. The number of amides is 2. The highest BCUT2D eigenvalue weighted by atomic mass is 35.5. The van der Waals surface area contributed by atoms with Crippen LogP contribution < -0.4 is 9.62 Å². The van der Waals surface area contributed by atoms with Crippen molar-refractivity contribution in [1.82, 2.24) is 10.2 Å². The number of benzene rings is 3. The molecule has 2 amide bonds. The molecule has 3 rings (SSSR count). The lowest BCUT2D eigenvalue weighted by atomic mass is 10.1. The third-order valence-corrected chi connectivity index (χ3v) is 8.14. The Morgan fingerprint density at radius 1 is 0.919 bits per heavy atom. The molecule has 0 saturated heterocycles. The molecule has 0 aliphatic carbocycles. The Kier molecular flexibility index (Phi) is 9.84. The summed E-state index contributed by atoms with van der Waals surface area (Å²) in [5.41, 5.74) is 0.802. The lowest BCUT2D eigenvalue weighted by molar-refractivity contribution is -0.139. The van der Waals surface area contributed by atoms with Gasteiger partial charge in [0.1, 0.15) is 12.6 Å². The van der Waals surface area contributed by atoms with E-state index in [0.717, 1.165) is 9.87 Å². The Morgan fingerprint density at radius 3 is 2.14 bits per heavy atom. The molecule has 0 bridgehead atoms. The van der Waals surface area contributed by atoms with E-state index in [2.05, 4.69) is 5.32 Å². The molecule has 0 fully saturated rings. The van der Waals surface area contributed by atoms with Crippen molar-refractivity contribution in [3.8, 4) is 0 Å². The predicted molar refractivity (Wildman–Crippen MR) is 148 cm³/mol. The summed E-state index contributed by atoms with van der Waals surface area (Å²) in [5, 5.41) is 3.60. The van der Waals surface area contributed by atoms with Gasteiger partial charge in [-0.25, -0.2) is 8.42 Å². The smallest absolute Gasteiger partial charge is 0.264 e. The first-order valence-corrected chi connectivity index (χ1v) is 14.0. The number of carbonyl (C=O) groups excluding carboxylic acids is 2. The number of halogens is 3. The van der Waals surface area contributed by atoms with E-state index in [4.69, 9.17) is 34.8 Å². The average molecular weight is 583 g/mol. The minimum Gasteiger partial charge on any atom is -0.355 e. The molecule has 1 atom stereocenters. The van der Waals surface area contributed by atoms with E-state index in [1.807, 2.05) is 0 Å². The van der Waals surface area contributed by atoms with Gasteiger partial charge < -0.3 is 10.2 Å². The Balaban J connectivity index is 2.04. The van der Waals surface area contributed by atoms with Crippen LogP contribution in [0.15, 0.2) is 77.7 Å². The van der Waals surface area contributed by atoms with Crippen LogP contribution >= 0.6 is 34.8 Å². The fourth-order valence-corrected chi connectivity index (χ4v) is 5.75. The lowest BCUT2D eigenvalue weighted by Gasteiger charge is -2.32. The van der Waals surface area contributed by atoms with Gasteiger partial charge in [0.05, 0.1) is 15.6 Å². The normalized spacial score (nSPS) is 12.0. The third kappa shape index (κ3) is 7.17. The van der Waals surface area contributed by atoms with E-state index >= 15 is 0 Å². The Morgan fingerprint density at radius 2 is 1.54 bits per heavy atom. The number of nitrogens with zero attached hydrogens (tertiary/aromatic N) is 2. The largest absolute Gasteiger partial charge is 0.355 e. The maximum absolute atomic E-state index is 13.7. The molecular weight excluding hydrogens is 557 g/mol. The molecule has 0 unspecified atom stereocenters. The number of hydrogen-bond acceptors (Lipinski definition) is 4. The second kappa shape index (κ2) is 12.6. The van der Waals surface area contributed by atoms with E-state index in [1.54, 1.807) is 56.3 Å². The second-order valence-corrected chi connectivity index (χ2v) is 11.3. The highest BCUT2D eigenvalue weighted by molar-refractivity contribution is 7.92.